The molecule has 3 rings (SSSR count). The first kappa shape index (κ1) is 18.8. The molecule has 0 saturated carbocycles. The SMILES string of the molecule is CCC1OCC(C)(C(O)C(Cc2ccc(OC)cc2)n2cncn2)CO1. The first-order valence-corrected chi connectivity index (χ1v) is 8.94. The molecule has 7 nitrogen and oxygen atoms in total. The number of hydrogen-bond donors (Lipinski definition) is 1. The van der Waals surface area contributed by atoms with Crippen LogP contribution in [0.5, 0.6) is 5.75 Å². The van der Waals surface area contributed by atoms with Crippen molar-refractivity contribution in [3.63, 3.8) is 0 Å². The lowest BCUT2D eigenvalue weighted by molar-refractivity contribution is -0.249. The lowest BCUT2D eigenvalue weighted by atomic mass is 9.79. The fourth-order valence-electron chi connectivity index (χ4n) is 3.27. The van der Waals surface area contributed by atoms with Gasteiger partial charge in [0.05, 0.1) is 32.5 Å². The molecule has 1 aromatic carbocycles. The van der Waals surface area contributed by atoms with E-state index < -0.39 is 11.5 Å². The Morgan fingerprint density at radius 1 is 1.31 bits per heavy atom. The number of hydrogen-bond acceptors (Lipinski definition) is 6. The highest BCUT2D eigenvalue weighted by atomic mass is 16.7. The fourth-order valence-corrected chi connectivity index (χ4v) is 3.27. The van der Waals surface area contributed by atoms with Gasteiger partial charge in [-0.25, -0.2) is 9.67 Å². The Morgan fingerprint density at radius 2 is 2.00 bits per heavy atom. The van der Waals surface area contributed by atoms with Crippen LogP contribution in [-0.2, 0) is 15.9 Å². The molecule has 0 bridgehead atoms. The van der Waals surface area contributed by atoms with Crippen molar-refractivity contribution in [2.45, 2.75) is 45.1 Å². The minimum Gasteiger partial charge on any atom is -0.497 e. The zero-order chi connectivity index (χ0) is 18.6. The molecule has 2 aromatic rings. The maximum atomic E-state index is 11.2. The smallest absolute Gasteiger partial charge is 0.157 e. The number of rotatable bonds is 7. The minimum atomic E-state index is -0.705. The Bertz CT molecular complexity index is 667. The molecule has 1 aliphatic heterocycles. The van der Waals surface area contributed by atoms with Crippen molar-refractivity contribution in [1.82, 2.24) is 14.8 Å². The largest absolute Gasteiger partial charge is 0.497 e. The van der Waals surface area contributed by atoms with Gasteiger partial charge in [-0.05, 0) is 30.5 Å². The van der Waals surface area contributed by atoms with Crippen molar-refractivity contribution < 1.29 is 19.3 Å². The van der Waals surface area contributed by atoms with Gasteiger partial charge >= 0.3 is 0 Å². The highest BCUT2D eigenvalue weighted by Crippen LogP contribution is 2.35. The standard InChI is InChI=1S/C19H27N3O4/c1-4-17-25-10-19(2,11-26-17)18(23)16(22-13-20-12-21-22)9-14-5-7-15(24-3)8-6-14/h5-8,12-13,16-18,23H,4,9-11H2,1-3H3. The Hall–Kier alpha value is -1.96. The number of nitrogens with zero attached hydrogens (tertiary/aromatic N) is 3. The molecule has 1 aliphatic rings. The van der Waals surface area contributed by atoms with Gasteiger partial charge < -0.3 is 19.3 Å². The zero-order valence-corrected chi connectivity index (χ0v) is 15.5. The molecule has 2 unspecified atom stereocenters. The maximum absolute atomic E-state index is 11.2. The van der Waals surface area contributed by atoms with E-state index in [2.05, 4.69) is 10.1 Å². The molecule has 1 N–H and O–H groups in total. The van der Waals surface area contributed by atoms with Gasteiger partial charge in [-0.1, -0.05) is 26.0 Å². The van der Waals surface area contributed by atoms with Crippen LogP contribution in [0.4, 0.5) is 0 Å². The van der Waals surface area contributed by atoms with E-state index in [9.17, 15) is 5.11 Å². The number of aliphatic hydroxyl groups excluding tert-OH is 1. The van der Waals surface area contributed by atoms with Gasteiger partial charge in [0.25, 0.3) is 0 Å². The lowest BCUT2D eigenvalue weighted by Gasteiger charge is -2.42. The molecule has 2 atom stereocenters. The summed E-state index contributed by atoms with van der Waals surface area (Å²) in [4.78, 5) is 4.05. The second-order valence-corrected chi connectivity index (χ2v) is 7.05. The fraction of sp³-hybridized carbons (Fsp3) is 0.579. The topological polar surface area (TPSA) is 78.6 Å². The van der Waals surface area contributed by atoms with Crippen molar-refractivity contribution in [1.29, 1.82) is 0 Å². The van der Waals surface area contributed by atoms with Gasteiger partial charge in [-0.2, -0.15) is 5.10 Å². The van der Waals surface area contributed by atoms with Crippen LogP contribution in [0.1, 0.15) is 31.9 Å². The molecule has 0 radical (unpaired) electrons. The molecule has 7 heteroatoms. The minimum absolute atomic E-state index is 0.193. The number of aliphatic hydroxyl groups is 1. The van der Waals surface area contributed by atoms with Crippen LogP contribution in [0.15, 0.2) is 36.9 Å². The van der Waals surface area contributed by atoms with E-state index in [0.29, 0.717) is 19.6 Å². The predicted octanol–water partition coefficient (Wildman–Crippen LogP) is 2.22. The second-order valence-electron chi connectivity index (χ2n) is 7.05. The number of aromatic nitrogens is 3. The number of benzene rings is 1. The summed E-state index contributed by atoms with van der Waals surface area (Å²) in [5, 5.41) is 15.5. The normalized spacial score (nSPS) is 25.6. The average molecular weight is 361 g/mol. The van der Waals surface area contributed by atoms with Crippen LogP contribution >= 0.6 is 0 Å². The van der Waals surface area contributed by atoms with E-state index in [4.69, 9.17) is 14.2 Å². The van der Waals surface area contributed by atoms with E-state index in [1.807, 2.05) is 38.1 Å². The summed E-state index contributed by atoms with van der Waals surface area (Å²) < 4.78 is 18.5. The van der Waals surface area contributed by atoms with E-state index in [1.54, 1.807) is 18.1 Å². The molecule has 1 saturated heterocycles. The van der Waals surface area contributed by atoms with Gasteiger partial charge in [0, 0.05) is 5.41 Å². The summed E-state index contributed by atoms with van der Waals surface area (Å²) in [6.45, 7) is 4.90. The summed E-state index contributed by atoms with van der Waals surface area (Å²) in [7, 11) is 1.64. The Balaban J connectivity index is 1.79. The van der Waals surface area contributed by atoms with Crippen LogP contribution in [0.25, 0.3) is 0 Å². The molecule has 0 aliphatic carbocycles. The van der Waals surface area contributed by atoms with Gasteiger partial charge in [0.1, 0.15) is 18.4 Å². The maximum Gasteiger partial charge on any atom is 0.157 e. The predicted molar refractivity (Wildman–Crippen MR) is 95.9 cm³/mol. The van der Waals surface area contributed by atoms with E-state index >= 15 is 0 Å². The lowest BCUT2D eigenvalue weighted by Crippen LogP contribution is -2.50. The molecule has 2 heterocycles. The quantitative estimate of drug-likeness (QED) is 0.815. The van der Waals surface area contributed by atoms with E-state index in [1.165, 1.54) is 6.33 Å². The first-order valence-electron chi connectivity index (χ1n) is 8.94. The van der Waals surface area contributed by atoms with Gasteiger partial charge in [0.15, 0.2) is 6.29 Å². The van der Waals surface area contributed by atoms with Crippen molar-refractivity contribution in [2.24, 2.45) is 5.41 Å². The number of methoxy groups -OCH3 is 1. The van der Waals surface area contributed by atoms with Crippen molar-refractivity contribution in [2.75, 3.05) is 20.3 Å². The summed E-state index contributed by atoms with van der Waals surface area (Å²) in [6.07, 6.45) is 3.63. The Morgan fingerprint density at radius 3 is 2.54 bits per heavy atom. The van der Waals surface area contributed by atoms with Crippen molar-refractivity contribution >= 4 is 0 Å². The molecule has 0 amide bonds. The van der Waals surface area contributed by atoms with E-state index in [0.717, 1.165) is 17.7 Å². The zero-order valence-electron chi connectivity index (χ0n) is 15.5. The molecule has 1 fully saturated rings. The van der Waals surface area contributed by atoms with E-state index in [-0.39, 0.29) is 12.3 Å². The molecule has 0 spiro atoms. The average Bonchev–Trinajstić information content (AvgIpc) is 3.21. The third-order valence-electron chi connectivity index (χ3n) is 4.99. The number of ether oxygens (including phenoxy) is 3. The Labute approximate surface area is 153 Å². The summed E-state index contributed by atoms with van der Waals surface area (Å²) in [5.74, 6) is 0.804. The van der Waals surface area contributed by atoms with Crippen LogP contribution in [-0.4, -0.2) is 52.6 Å². The summed E-state index contributed by atoms with van der Waals surface area (Å²) in [6, 6.07) is 7.56. The molecule has 26 heavy (non-hydrogen) atoms. The van der Waals surface area contributed by atoms with Crippen LogP contribution in [0.3, 0.4) is 0 Å². The summed E-state index contributed by atoms with van der Waals surface area (Å²) >= 11 is 0. The molecular formula is C19H27N3O4. The monoisotopic (exact) mass is 361 g/mol. The summed E-state index contributed by atoms with van der Waals surface area (Å²) in [5.41, 5.74) is 0.562. The molecule has 142 valence electrons. The third kappa shape index (κ3) is 4.06. The second kappa shape index (κ2) is 8.16. The van der Waals surface area contributed by atoms with Gasteiger partial charge in [0.2, 0.25) is 0 Å². The molecular weight excluding hydrogens is 334 g/mol. The van der Waals surface area contributed by atoms with Gasteiger partial charge in [-0.15, -0.1) is 0 Å². The third-order valence-corrected chi connectivity index (χ3v) is 4.99. The van der Waals surface area contributed by atoms with Crippen LogP contribution in [0, 0.1) is 5.41 Å². The highest BCUT2D eigenvalue weighted by molar-refractivity contribution is 5.27. The van der Waals surface area contributed by atoms with Crippen molar-refractivity contribution in [3.05, 3.63) is 42.5 Å². The Kier molecular flexibility index (Phi) is 5.90. The molecule has 1 aromatic heterocycles. The van der Waals surface area contributed by atoms with Gasteiger partial charge in [-0.3, -0.25) is 0 Å². The van der Waals surface area contributed by atoms with Crippen LogP contribution < -0.4 is 4.74 Å². The highest BCUT2D eigenvalue weighted by Gasteiger charge is 2.43. The van der Waals surface area contributed by atoms with Crippen LogP contribution in [0.2, 0.25) is 0 Å². The first-order chi connectivity index (χ1) is 12.6. The van der Waals surface area contributed by atoms with Crippen molar-refractivity contribution in [3.8, 4) is 5.75 Å².